The second-order valence-electron chi connectivity index (χ2n) is 6.23. The summed E-state index contributed by atoms with van der Waals surface area (Å²) in [6.07, 6.45) is 3.62. The molecule has 0 saturated carbocycles. The van der Waals surface area contributed by atoms with Crippen LogP contribution in [0.25, 0.3) is 0 Å². The first-order valence-corrected chi connectivity index (χ1v) is 9.15. The summed E-state index contributed by atoms with van der Waals surface area (Å²) in [6, 6.07) is 0. The Morgan fingerprint density at radius 2 is 1.72 bits per heavy atom. The van der Waals surface area contributed by atoms with Crippen LogP contribution in [0.2, 0.25) is 0 Å². The minimum atomic E-state index is -1.98. The molecule has 160 valence electrons. The van der Waals surface area contributed by atoms with E-state index in [1.54, 1.807) is 0 Å². The van der Waals surface area contributed by atoms with Gasteiger partial charge in [-0.2, -0.15) is 4.39 Å². The summed E-state index contributed by atoms with van der Waals surface area (Å²) in [5.74, 6) is -7.98. The second-order valence-corrected chi connectivity index (χ2v) is 6.23. The van der Waals surface area contributed by atoms with Gasteiger partial charge in [-0.3, -0.25) is 14.9 Å². The number of nitro groups is 1. The van der Waals surface area contributed by atoms with Crippen molar-refractivity contribution in [1.82, 2.24) is 5.32 Å². The number of esters is 1. The van der Waals surface area contributed by atoms with Crippen molar-refractivity contribution in [2.24, 2.45) is 0 Å². The lowest BCUT2D eigenvalue weighted by Gasteiger charge is -2.11. The van der Waals surface area contributed by atoms with Gasteiger partial charge in [0.2, 0.25) is 11.6 Å². The number of ketones is 1. The van der Waals surface area contributed by atoms with Gasteiger partial charge in [-0.1, -0.05) is 26.7 Å². The highest BCUT2D eigenvalue weighted by molar-refractivity contribution is 6.25. The largest absolute Gasteiger partial charge is 0.462 e. The molecule has 0 heterocycles. The third-order valence-corrected chi connectivity index (χ3v) is 4.04. The fraction of sp³-hybridized carbons (Fsp3) is 0.474. The van der Waals surface area contributed by atoms with E-state index in [9.17, 15) is 32.9 Å². The van der Waals surface area contributed by atoms with Crippen LogP contribution in [-0.4, -0.2) is 29.8 Å². The van der Waals surface area contributed by atoms with Crippen molar-refractivity contribution in [3.8, 4) is 0 Å². The smallest absolute Gasteiger partial charge is 0.343 e. The molecular formula is C19H23F3N2O5. The first kappa shape index (κ1) is 24.1. The molecule has 7 nitrogen and oxygen atoms in total. The highest BCUT2D eigenvalue weighted by atomic mass is 19.2. The van der Waals surface area contributed by atoms with Crippen LogP contribution in [0, 0.1) is 34.5 Å². The standard InChI is InChI=1S/C19H23F3N2O5/c1-4-6-8-23-10-12(19(26)29-9-7-5-2)18(25)13-14(20)11(3)15(21)16(22)17(13)24(27)28/h10,23H,4-9H2,1-3H3/b12-10+. The number of carbonyl (C=O) groups is 2. The number of carbonyl (C=O) groups excluding carboxylic acids is 2. The Labute approximate surface area is 166 Å². The molecule has 0 spiro atoms. The van der Waals surface area contributed by atoms with Crippen molar-refractivity contribution in [2.75, 3.05) is 13.2 Å². The number of Topliss-reactive ketones (excluding diaryl/α,β-unsaturated/α-hetero) is 1. The number of nitrogens with one attached hydrogen (secondary N) is 1. The maximum atomic E-state index is 14.6. The Kier molecular flexibility index (Phi) is 9.30. The summed E-state index contributed by atoms with van der Waals surface area (Å²) in [4.78, 5) is 34.9. The summed E-state index contributed by atoms with van der Waals surface area (Å²) in [5, 5.41) is 13.9. The Morgan fingerprint density at radius 1 is 1.10 bits per heavy atom. The van der Waals surface area contributed by atoms with E-state index in [2.05, 4.69) is 5.32 Å². The van der Waals surface area contributed by atoms with Crippen LogP contribution in [0.4, 0.5) is 18.9 Å². The number of hydrogen-bond donors (Lipinski definition) is 1. The maximum Gasteiger partial charge on any atom is 0.343 e. The zero-order valence-corrected chi connectivity index (χ0v) is 16.4. The molecule has 0 aliphatic carbocycles. The minimum absolute atomic E-state index is 0.0315. The second kappa shape index (κ2) is 11.2. The molecule has 1 aromatic carbocycles. The van der Waals surface area contributed by atoms with Gasteiger partial charge < -0.3 is 10.1 Å². The molecule has 0 saturated heterocycles. The van der Waals surface area contributed by atoms with Crippen LogP contribution in [-0.2, 0) is 9.53 Å². The van der Waals surface area contributed by atoms with E-state index in [-0.39, 0.29) is 6.61 Å². The molecule has 0 aliphatic rings. The van der Waals surface area contributed by atoms with Crippen molar-refractivity contribution < 1.29 is 32.4 Å². The highest BCUT2D eigenvalue weighted by Crippen LogP contribution is 2.32. The lowest BCUT2D eigenvalue weighted by Crippen LogP contribution is -2.23. The molecule has 1 aromatic rings. The Hall–Kier alpha value is -2.91. The summed E-state index contributed by atoms with van der Waals surface area (Å²) in [7, 11) is 0. The van der Waals surface area contributed by atoms with Gasteiger partial charge >= 0.3 is 11.7 Å². The van der Waals surface area contributed by atoms with E-state index in [1.807, 2.05) is 13.8 Å². The van der Waals surface area contributed by atoms with Crippen LogP contribution < -0.4 is 5.32 Å². The Bertz CT molecular complexity index is 825. The topological polar surface area (TPSA) is 98.5 Å². The van der Waals surface area contributed by atoms with Gasteiger partial charge in [0.25, 0.3) is 0 Å². The zero-order chi connectivity index (χ0) is 22.1. The lowest BCUT2D eigenvalue weighted by molar-refractivity contribution is -0.388. The van der Waals surface area contributed by atoms with Gasteiger partial charge in [0.15, 0.2) is 5.82 Å². The maximum absolute atomic E-state index is 14.6. The number of rotatable bonds is 11. The molecule has 0 radical (unpaired) electrons. The molecule has 10 heteroatoms. The molecule has 0 unspecified atom stereocenters. The van der Waals surface area contributed by atoms with Gasteiger partial charge in [-0.15, -0.1) is 0 Å². The molecule has 0 bridgehead atoms. The first-order chi connectivity index (χ1) is 13.7. The van der Waals surface area contributed by atoms with Gasteiger partial charge in [0.05, 0.1) is 11.5 Å². The van der Waals surface area contributed by atoms with Gasteiger partial charge in [0.1, 0.15) is 17.0 Å². The third kappa shape index (κ3) is 5.78. The zero-order valence-electron chi connectivity index (χ0n) is 16.4. The van der Waals surface area contributed by atoms with E-state index in [1.165, 1.54) is 0 Å². The van der Waals surface area contributed by atoms with Crippen LogP contribution in [0.3, 0.4) is 0 Å². The number of halogens is 3. The number of benzene rings is 1. The average molecular weight is 416 g/mol. The lowest BCUT2D eigenvalue weighted by atomic mass is 9.98. The van der Waals surface area contributed by atoms with E-state index in [0.717, 1.165) is 19.5 Å². The monoisotopic (exact) mass is 416 g/mol. The van der Waals surface area contributed by atoms with E-state index in [0.29, 0.717) is 25.8 Å². The van der Waals surface area contributed by atoms with E-state index < -0.39 is 56.5 Å². The normalized spacial score (nSPS) is 11.3. The number of unbranched alkanes of at least 4 members (excludes halogenated alkanes) is 2. The summed E-state index contributed by atoms with van der Waals surface area (Å²) in [5.41, 5.74) is -4.66. The molecule has 0 amide bonds. The number of nitrogens with zero attached hydrogens (tertiary/aromatic N) is 1. The molecule has 0 aliphatic heterocycles. The minimum Gasteiger partial charge on any atom is -0.462 e. The van der Waals surface area contributed by atoms with Crippen LogP contribution in [0.15, 0.2) is 11.8 Å². The fourth-order valence-corrected chi connectivity index (χ4v) is 2.34. The first-order valence-electron chi connectivity index (χ1n) is 9.15. The summed E-state index contributed by atoms with van der Waals surface area (Å²) < 4.78 is 47.3. The van der Waals surface area contributed by atoms with E-state index >= 15 is 0 Å². The Balaban J connectivity index is 3.49. The molecule has 1 rings (SSSR count). The van der Waals surface area contributed by atoms with Crippen LogP contribution in [0.1, 0.15) is 55.5 Å². The van der Waals surface area contributed by atoms with Crippen LogP contribution in [0.5, 0.6) is 0 Å². The molecular weight excluding hydrogens is 393 g/mol. The highest BCUT2D eigenvalue weighted by Gasteiger charge is 2.37. The molecule has 0 atom stereocenters. The SMILES string of the molecule is CCCCN/C=C(/C(=O)OCCCC)C(=O)c1c(F)c(C)c(F)c(F)c1[N+](=O)[O-]. The molecule has 1 N–H and O–H groups in total. The van der Waals surface area contributed by atoms with Crippen molar-refractivity contribution in [3.05, 3.63) is 50.5 Å². The third-order valence-electron chi connectivity index (χ3n) is 4.04. The summed E-state index contributed by atoms with van der Waals surface area (Å²) >= 11 is 0. The molecule has 29 heavy (non-hydrogen) atoms. The summed E-state index contributed by atoms with van der Waals surface area (Å²) in [6.45, 7) is 4.90. The molecule has 0 aromatic heterocycles. The number of ether oxygens (including phenoxy) is 1. The van der Waals surface area contributed by atoms with Crippen molar-refractivity contribution >= 4 is 17.4 Å². The predicted octanol–water partition coefficient (Wildman–Crippen LogP) is 4.12. The Morgan fingerprint density at radius 3 is 2.28 bits per heavy atom. The number of hydrogen-bond acceptors (Lipinski definition) is 6. The van der Waals surface area contributed by atoms with Crippen molar-refractivity contribution in [2.45, 2.75) is 46.5 Å². The van der Waals surface area contributed by atoms with Gasteiger partial charge in [0, 0.05) is 18.3 Å². The van der Waals surface area contributed by atoms with Crippen molar-refractivity contribution in [1.29, 1.82) is 0 Å². The molecule has 0 fully saturated rings. The fourth-order valence-electron chi connectivity index (χ4n) is 2.34. The number of nitro benzene ring substituents is 1. The van der Waals surface area contributed by atoms with E-state index in [4.69, 9.17) is 4.74 Å². The quantitative estimate of drug-likeness (QED) is 0.0671. The van der Waals surface area contributed by atoms with Crippen LogP contribution >= 0.6 is 0 Å². The van der Waals surface area contributed by atoms with Gasteiger partial charge in [-0.05, 0) is 19.8 Å². The van der Waals surface area contributed by atoms with Crippen molar-refractivity contribution in [3.63, 3.8) is 0 Å². The van der Waals surface area contributed by atoms with Gasteiger partial charge in [-0.25, -0.2) is 13.6 Å². The predicted molar refractivity (Wildman–Crippen MR) is 98.9 cm³/mol. The average Bonchev–Trinajstić information content (AvgIpc) is 2.68.